The Hall–Kier alpha value is -1.93. The minimum Gasteiger partial charge on any atom is -0.356 e. The predicted molar refractivity (Wildman–Crippen MR) is 95.2 cm³/mol. The summed E-state index contributed by atoms with van der Waals surface area (Å²) >= 11 is 0. The smallest absolute Gasteiger partial charge is 0.238 e. The van der Waals surface area contributed by atoms with Crippen LogP contribution in [0.3, 0.4) is 0 Å². The van der Waals surface area contributed by atoms with Crippen molar-refractivity contribution in [1.29, 1.82) is 0 Å². The normalized spacial score (nSPS) is 25.6. The molecule has 8 nitrogen and oxygen atoms in total. The molecule has 1 aromatic rings. The SMILES string of the molecule is Cc1c(NC(=O)CN2CCN(C)[C@]3(CCNC(=O)CC3)C2)cnn1C. The van der Waals surface area contributed by atoms with Crippen molar-refractivity contribution >= 4 is 17.5 Å². The molecule has 3 rings (SSSR count). The molecule has 2 amide bonds. The van der Waals surface area contributed by atoms with E-state index in [0.717, 1.165) is 43.9 Å². The van der Waals surface area contributed by atoms with Crippen molar-refractivity contribution in [1.82, 2.24) is 24.9 Å². The largest absolute Gasteiger partial charge is 0.356 e. The molecular formula is C17H28N6O2. The number of amides is 2. The summed E-state index contributed by atoms with van der Waals surface area (Å²) in [5.74, 6) is 0.117. The second-order valence-electron chi connectivity index (χ2n) is 7.27. The first kappa shape index (κ1) is 17.9. The fraction of sp³-hybridized carbons (Fsp3) is 0.706. The van der Waals surface area contributed by atoms with Gasteiger partial charge in [0.2, 0.25) is 11.8 Å². The Morgan fingerprint density at radius 3 is 2.88 bits per heavy atom. The van der Waals surface area contributed by atoms with E-state index in [1.807, 2.05) is 14.0 Å². The zero-order valence-corrected chi connectivity index (χ0v) is 15.3. The fourth-order valence-corrected chi connectivity index (χ4v) is 3.83. The number of hydrogen-bond donors (Lipinski definition) is 2. The molecule has 2 aliphatic heterocycles. The highest BCUT2D eigenvalue weighted by atomic mass is 16.2. The van der Waals surface area contributed by atoms with E-state index in [4.69, 9.17) is 0 Å². The molecule has 0 aliphatic carbocycles. The Morgan fingerprint density at radius 2 is 2.16 bits per heavy atom. The first-order valence-electron chi connectivity index (χ1n) is 8.88. The van der Waals surface area contributed by atoms with Gasteiger partial charge in [0.1, 0.15) is 0 Å². The number of rotatable bonds is 3. The van der Waals surface area contributed by atoms with Gasteiger partial charge in [0, 0.05) is 45.2 Å². The van der Waals surface area contributed by atoms with Gasteiger partial charge in [0.05, 0.1) is 24.1 Å². The molecule has 138 valence electrons. The summed E-state index contributed by atoms with van der Waals surface area (Å²) in [6.45, 7) is 5.59. The van der Waals surface area contributed by atoms with Crippen molar-refractivity contribution < 1.29 is 9.59 Å². The number of piperazine rings is 1. The Morgan fingerprint density at radius 1 is 1.36 bits per heavy atom. The van der Waals surface area contributed by atoms with Gasteiger partial charge in [-0.15, -0.1) is 0 Å². The molecule has 2 fully saturated rings. The van der Waals surface area contributed by atoms with Crippen LogP contribution >= 0.6 is 0 Å². The molecule has 3 heterocycles. The van der Waals surface area contributed by atoms with Crippen LogP contribution in [-0.4, -0.2) is 76.7 Å². The molecule has 0 unspecified atom stereocenters. The Kier molecular flexibility index (Phi) is 5.10. The lowest BCUT2D eigenvalue weighted by Crippen LogP contribution is -2.61. The summed E-state index contributed by atoms with van der Waals surface area (Å²) in [7, 11) is 3.99. The molecule has 2 N–H and O–H groups in total. The lowest BCUT2D eigenvalue weighted by molar-refractivity contribution is -0.121. The zero-order valence-electron chi connectivity index (χ0n) is 15.3. The van der Waals surface area contributed by atoms with Crippen LogP contribution in [0.2, 0.25) is 0 Å². The van der Waals surface area contributed by atoms with Gasteiger partial charge in [0.15, 0.2) is 0 Å². The van der Waals surface area contributed by atoms with Crippen molar-refractivity contribution in [3.05, 3.63) is 11.9 Å². The monoisotopic (exact) mass is 348 g/mol. The third-order valence-electron chi connectivity index (χ3n) is 5.69. The maximum absolute atomic E-state index is 12.4. The molecule has 1 atom stereocenters. The topological polar surface area (TPSA) is 82.5 Å². The minimum absolute atomic E-state index is 0.0152. The van der Waals surface area contributed by atoms with Crippen LogP contribution in [0.4, 0.5) is 5.69 Å². The van der Waals surface area contributed by atoms with Crippen molar-refractivity contribution in [3.8, 4) is 0 Å². The standard InChI is InChI=1S/C17H28N6O2/c1-13-14(10-19-22(13)3)20-16(25)11-23-9-8-21(2)17(12-23)5-4-15(24)18-7-6-17/h10H,4-9,11-12H2,1-3H3,(H,18,24)(H,20,25)/t17-/m1/s1. The van der Waals surface area contributed by atoms with E-state index in [2.05, 4.69) is 32.6 Å². The van der Waals surface area contributed by atoms with Crippen molar-refractivity contribution in [2.45, 2.75) is 31.7 Å². The van der Waals surface area contributed by atoms with Gasteiger partial charge in [-0.2, -0.15) is 5.10 Å². The van der Waals surface area contributed by atoms with E-state index in [-0.39, 0.29) is 17.4 Å². The van der Waals surface area contributed by atoms with Gasteiger partial charge in [0.25, 0.3) is 0 Å². The number of likely N-dealkylation sites (N-methyl/N-ethyl adjacent to an activating group) is 1. The molecule has 2 aliphatic rings. The Bertz CT molecular complexity index is 658. The average Bonchev–Trinajstić information content (AvgIpc) is 2.77. The van der Waals surface area contributed by atoms with Crippen LogP contribution in [0.5, 0.6) is 0 Å². The first-order valence-corrected chi connectivity index (χ1v) is 8.88. The van der Waals surface area contributed by atoms with Gasteiger partial charge in [-0.25, -0.2) is 0 Å². The highest BCUT2D eigenvalue weighted by Gasteiger charge is 2.41. The van der Waals surface area contributed by atoms with Crippen LogP contribution in [0, 0.1) is 6.92 Å². The second-order valence-corrected chi connectivity index (χ2v) is 7.27. The first-order chi connectivity index (χ1) is 11.9. The predicted octanol–water partition coefficient (Wildman–Crippen LogP) is -0.0467. The van der Waals surface area contributed by atoms with E-state index in [1.54, 1.807) is 10.9 Å². The summed E-state index contributed by atoms with van der Waals surface area (Å²) in [5.41, 5.74) is 1.68. The number of carbonyl (C=O) groups excluding carboxylic acids is 2. The summed E-state index contributed by atoms with van der Waals surface area (Å²) in [6.07, 6.45) is 4.00. The molecule has 2 saturated heterocycles. The fourth-order valence-electron chi connectivity index (χ4n) is 3.83. The second kappa shape index (κ2) is 7.13. The summed E-state index contributed by atoms with van der Waals surface area (Å²) in [5, 5.41) is 10.1. The van der Waals surface area contributed by atoms with E-state index >= 15 is 0 Å². The van der Waals surface area contributed by atoms with Gasteiger partial charge in [-0.1, -0.05) is 0 Å². The van der Waals surface area contributed by atoms with E-state index < -0.39 is 0 Å². The maximum Gasteiger partial charge on any atom is 0.238 e. The summed E-state index contributed by atoms with van der Waals surface area (Å²) in [6, 6.07) is 0. The van der Waals surface area contributed by atoms with Gasteiger partial charge >= 0.3 is 0 Å². The highest BCUT2D eigenvalue weighted by Crippen LogP contribution is 2.30. The van der Waals surface area contributed by atoms with Crippen LogP contribution in [-0.2, 0) is 16.6 Å². The third-order valence-corrected chi connectivity index (χ3v) is 5.69. The lowest BCUT2D eigenvalue weighted by Gasteiger charge is -2.49. The number of aromatic nitrogens is 2. The van der Waals surface area contributed by atoms with Crippen LogP contribution in [0.15, 0.2) is 6.20 Å². The lowest BCUT2D eigenvalue weighted by atomic mass is 9.86. The Balaban J connectivity index is 1.62. The van der Waals surface area contributed by atoms with Gasteiger partial charge < -0.3 is 10.6 Å². The quantitative estimate of drug-likeness (QED) is 0.801. The Labute approximate surface area is 148 Å². The third kappa shape index (κ3) is 3.85. The number of nitrogens with zero attached hydrogens (tertiary/aromatic N) is 4. The van der Waals surface area contributed by atoms with E-state index in [1.165, 1.54) is 0 Å². The molecule has 8 heteroatoms. The molecule has 25 heavy (non-hydrogen) atoms. The summed E-state index contributed by atoms with van der Waals surface area (Å²) < 4.78 is 1.75. The average molecular weight is 348 g/mol. The number of carbonyl (C=O) groups is 2. The number of anilines is 1. The van der Waals surface area contributed by atoms with E-state index in [0.29, 0.717) is 19.5 Å². The molecule has 0 bridgehead atoms. The van der Waals surface area contributed by atoms with Crippen molar-refractivity contribution in [2.75, 3.05) is 45.1 Å². The number of nitrogens with one attached hydrogen (secondary N) is 2. The van der Waals surface area contributed by atoms with Crippen LogP contribution in [0.25, 0.3) is 0 Å². The molecule has 0 aromatic carbocycles. The van der Waals surface area contributed by atoms with Crippen LogP contribution in [0.1, 0.15) is 25.0 Å². The van der Waals surface area contributed by atoms with Crippen LogP contribution < -0.4 is 10.6 Å². The molecule has 1 aromatic heterocycles. The summed E-state index contributed by atoms with van der Waals surface area (Å²) in [4.78, 5) is 28.7. The maximum atomic E-state index is 12.4. The number of aryl methyl sites for hydroxylation is 1. The molecule has 0 radical (unpaired) electrons. The van der Waals surface area contributed by atoms with Crippen molar-refractivity contribution in [3.63, 3.8) is 0 Å². The van der Waals surface area contributed by atoms with Gasteiger partial charge in [-0.3, -0.25) is 24.1 Å². The molecule has 1 spiro atoms. The molecule has 0 saturated carbocycles. The van der Waals surface area contributed by atoms with Gasteiger partial charge in [-0.05, 0) is 26.8 Å². The minimum atomic E-state index is -0.0259. The van der Waals surface area contributed by atoms with E-state index in [9.17, 15) is 9.59 Å². The van der Waals surface area contributed by atoms with Crippen molar-refractivity contribution in [2.24, 2.45) is 7.05 Å². The molecular weight excluding hydrogens is 320 g/mol. The highest BCUT2D eigenvalue weighted by molar-refractivity contribution is 5.92. The zero-order chi connectivity index (χ0) is 18.0. The number of hydrogen-bond acceptors (Lipinski definition) is 5.